The van der Waals surface area contributed by atoms with E-state index < -0.39 is 0 Å². The summed E-state index contributed by atoms with van der Waals surface area (Å²) in [6.45, 7) is 4.48. The predicted molar refractivity (Wildman–Crippen MR) is 90.7 cm³/mol. The molecule has 0 fully saturated rings. The van der Waals surface area contributed by atoms with Crippen LogP contribution in [0.2, 0.25) is 0 Å². The fourth-order valence-electron chi connectivity index (χ4n) is 2.16. The molecule has 4 heteroatoms. The fraction of sp³-hybridized carbons (Fsp3) is 0.588. The molecule has 3 nitrogen and oxygen atoms in total. The van der Waals surface area contributed by atoms with Gasteiger partial charge >= 0.3 is 5.97 Å². The molecule has 0 saturated carbocycles. The van der Waals surface area contributed by atoms with E-state index in [2.05, 4.69) is 48.2 Å². The van der Waals surface area contributed by atoms with Crippen LogP contribution in [0.5, 0.6) is 0 Å². The van der Waals surface area contributed by atoms with Crippen LogP contribution >= 0.6 is 11.8 Å². The van der Waals surface area contributed by atoms with Gasteiger partial charge in [0.1, 0.15) is 0 Å². The molecular formula is C17H27NO2S. The average molecular weight is 309 g/mol. The lowest BCUT2D eigenvalue weighted by molar-refractivity contribution is -0.140. The molecule has 21 heavy (non-hydrogen) atoms. The van der Waals surface area contributed by atoms with E-state index in [0.29, 0.717) is 18.4 Å². The second-order valence-corrected chi connectivity index (χ2v) is 6.73. The molecule has 0 aliphatic rings. The Hall–Kier alpha value is -1.00. The fourth-order valence-corrected chi connectivity index (χ4v) is 3.23. The van der Waals surface area contributed by atoms with Gasteiger partial charge < -0.3 is 10.1 Å². The quantitative estimate of drug-likeness (QED) is 0.560. The first-order valence-corrected chi connectivity index (χ1v) is 8.63. The first kappa shape index (κ1) is 18.1. The monoisotopic (exact) mass is 309 g/mol. The number of esters is 1. The van der Waals surface area contributed by atoms with Crippen molar-refractivity contribution >= 4 is 17.7 Å². The Bertz CT molecular complexity index is 417. The third kappa shape index (κ3) is 7.00. The van der Waals surface area contributed by atoms with Gasteiger partial charge in [-0.05, 0) is 30.5 Å². The van der Waals surface area contributed by atoms with Gasteiger partial charge in [0.25, 0.3) is 0 Å². The summed E-state index contributed by atoms with van der Waals surface area (Å²) in [5.74, 6) is 2.30. The first-order valence-electron chi connectivity index (χ1n) is 7.47. The molecule has 1 rings (SSSR count). The summed E-state index contributed by atoms with van der Waals surface area (Å²) in [7, 11) is 3.41. The molecule has 1 aromatic rings. The average Bonchev–Trinajstić information content (AvgIpc) is 2.47. The lowest BCUT2D eigenvalue weighted by Crippen LogP contribution is -2.19. The number of carbonyl (C=O) groups excluding carboxylic acids is 1. The lowest BCUT2D eigenvalue weighted by atomic mass is 10.00. The number of thioether (sulfide) groups is 1. The maximum Gasteiger partial charge on any atom is 0.306 e. The van der Waals surface area contributed by atoms with Crippen molar-refractivity contribution < 1.29 is 9.53 Å². The van der Waals surface area contributed by atoms with Gasteiger partial charge in [-0.15, -0.1) is 0 Å². The molecule has 0 saturated heterocycles. The molecule has 0 heterocycles. The van der Waals surface area contributed by atoms with Gasteiger partial charge in [0.15, 0.2) is 0 Å². The molecule has 1 aromatic carbocycles. The zero-order valence-electron chi connectivity index (χ0n) is 13.5. The van der Waals surface area contributed by atoms with Gasteiger partial charge in [-0.2, -0.15) is 11.8 Å². The molecule has 0 amide bonds. The summed E-state index contributed by atoms with van der Waals surface area (Å²) >= 11 is 1.78. The van der Waals surface area contributed by atoms with Gasteiger partial charge in [0, 0.05) is 17.5 Å². The Balaban J connectivity index is 2.46. The van der Waals surface area contributed by atoms with Crippen molar-refractivity contribution in [1.29, 1.82) is 0 Å². The molecule has 0 aliphatic carbocycles. The number of ether oxygens (including phenoxy) is 1. The van der Waals surface area contributed by atoms with Crippen molar-refractivity contribution in [2.45, 2.75) is 32.7 Å². The molecule has 0 aromatic heterocycles. The summed E-state index contributed by atoms with van der Waals surface area (Å²) in [4.78, 5) is 11.1. The smallest absolute Gasteiger partial charge is 0.306 e. The van der Waals surface area contributed by atoms with Gasteiger partial charge in [-0.3, -0.25) is 4.79 Å². The Morgan fingerprint density at radius 1 is 1.29 bits per heavy atom. The minimum absolute atomic E-state index is 0.137. The Morgan fingerprint density at radius 3 is 2.48 bits per heavy atom. The van der Waals surface area contributed by atoms with Crippen molar-refractivity contribution in [2.24, 2.45) is 5.92 Å². The number of hydrogen-bond donors (Lipinski definition) is 1. The van der Waals surface area contributed by atoms with E-state index in [-0.39, 0.29) is 5.97 Å². The maximum atomic E-state index is 11.1. The van der Waals surface area contributed by atoms with Crippen LogP contribution < -0.4 is 5.32 Å². The van der Waals surface area contributed by atoms with Gasteiger partial charge in [0.2, 0.25) is 0 Å². The van der Waals surface area contributed by atoms with Crippen LogP contribution in [-0.2, 0) is 16.0 Å². The number of hydrogen-bond acceptors (Lipinski definition) is 4. The molecule has 1 N–H and O–H groups in total. The van der Waals surface area contributed by atoms with E-state index in [9.17, 15) is 4.79 Å². The minimum Gasteiger partial charge on any atom is -0.469 e. The van der Waals surface area contributed by atoms with Crippen LogP contribution in [0.1, 0.15) is 37.4 Å². The van der Waals surface area contributed by atoms with Crippen molar-refractivity contribution in [3.8, 4) is 0 Å². The van der Waals surface area contributed by atoms with Gasteiger partial charge in [0.05, 0.1) is 13.5 Å². The minimum atomic E-state index is -0.137. The zero-order valence-corrected chi connectivity index (χ0v) is 14.3. The van der Waals surface area contributed by atoms with E-state index in [1.54, 1.807) is 11.8 Å². The second kappa shape index (κ2) is 9.85. The van der Waals surface area contributed by atoms with Crippen molar-refractivity contribution in [3.63, 3.8) is 0 Å². The topological polar surface area (TPSA) is 38.3 Å². The molecule has 1 unspecified atom stereocenters. The molecule has 0 spiro atoms. The normalized spacial score (nSPS) is 12.4. The maximum absolute atomic E-state index is 11.1. The highest BCUT2D eigenvalue weighted by Crippen LogP contribution is 2.20. The number of benzene rings is 1. The zero-order chi connectivity index (χ0) is 15.7. The predicted octanol–water partition coefficient (Wildman–Crippen LogP) is 3.44. The van der Waals surface area contributed by atoms with Crippen LogP contribution in [0.3, 0.4) is 0 Å². The Morgan fingerprint density at radius 2 is 1.95 bits per heavy atom. The first-order chi connectivity index (χ1) is 10.1. The van der Waals surface area contributed by atoms with Crippen LogP contribution in [0.25, 0.3) is 0 Å². The number of nitrogens with one attached hydrogen (secondary N) is 1. The number of methoxy groups -OCH3 is 1. The Labute approximate surface area is 132 Å². The summed E-state index contributed by atoms with van der Waals surface area (Å²) in [5.41, 5.74) is 2.69. The van der Waals surface area contributed by atoms with Gasteiger partial charge in [-0.1, -0.05) is 38.1 Å². The summed E-state index contributed by atoms with van der Waals surface area (Å²) in [5, 5.41) is 3.34. The molecule has 0 aliphatic heterocycles. The van der Waals surface area contributed by atoms with E-state index in [1.807, 2.05) is 7.05 Å². The highest BCUT2D eigenvalue weighted by atomic mass is 32.2. The summed E-state index contributed by atoms with van der Waals surface area (Å²) in [6.07, 6.45) is 1.60. The third-order valence-corrected chi connectivity index (χ3v) is 4.40. The molecule has 1 atom stereocenters. The summed E-state index contributed by atoms with van der Waals surface area (Å²) in [6, 6.07) is 9.18. The second-order valence-electron chi connectivity index (χ2n) is 5.58. The van der Waals surface area contributed by atoms with E-state index in [0.717, 1.165) is 17.9 Å². The largest absolute Gasteiger partial charge is 0.469 e. The number of rotatable bonds is 9. The lowest BCUT2D eigenvalue weighted by Gasteiger charge is -2.17. The number of carbonyl (C=O) groups is 1. The Kier molecular flexibility index (Phi) is 8.47. The van der Waals surface area contributed by atoms with E-state index in [4.69, 9.17) is 0 Å². The van der Waals surface area contributed by atoms with Crippen molar-refractivity contribution in [2.75, 3.05) is 25.7 Å². The van der Waals surface area contributed by atoms with Crippen LogP contribution in [0.15, 0.2) is 24.3 Å². The highest BCUT2D eigenvalue weighted by Gasteiger charge is 2.10. The van der Waals surface area contributed by atoms with Crippen LogP contribution in [0.4, 0.5) is 0 Å². The van der Waals surface area contributed by atoms with Gasteiger partial charge in [-0.25, -0.2) is 0 Å². The van der Waals surface area contributed by atoms with Crippen molar-refractivity contribution in [3.05, 3.63) is 35.4 Å². The standard InChI is InChI=1S/C17H27NO2S/c1-13(2)11-14-5-7-15(8-6-14)16(18-3)12-21-10-9-17(19)20-4/h5-8,13,16,18H,9-12H2,1-4H3. The molecule has 0 radical (unpaired) electrons. The summed E-state index contributed by atoms with van der Waals surface area (Å²) < 4.78 is 4.65. The van der Waals surface area contributed by atoms with E-state index in [1.165, 1.54) is 18.2 Å². The van der Waals surface area contributed by atoms with Crippen molar-refractivity contribution in [1.82, 2.24) is 5.32 Å². The van der Waals surface area contributed by atoms with Crippen LogP contribution in [-0.4, -0.2) is 31.6 Å². The SMILES string of the molecule is CNC(CSCCC(=O)OC)c1ccc(CC(C)C)cc1. The highest BCUT2D eigenvalue weighted by molar-refractivity contribution is 7.99. The molecule has 118 valence electrons. The van der Waals surface area contributed by atoms with Crippen LogP contribution in [0, 0.1) is 5.92 Å². The third-order valence-electron chi connectivity index (χ3n) is 3.34. The molecule has 0 bridgehead atoms. The molecular weight excluding hydrogens is 282 g/mol. The van der Waals surface area contributed by atoms with E-state index >= 15 is 0 Å².